The number of benzene rings is 3. The lowest BCUT2D eigenvalue weighted by atomic mass is 10.1. The maximum atomic E-state index is 13.4. The minimum Gasteiger partial charge on any atom is -0.465 e. The van der Waals surface area contributed by atoms with Crippen molar-refractivity contribution in [2.45, 2.75) is 19.0 Å². The zero-order valence-corrected chi connectivity index (χ0v) is 19.4. The minimum absolute atomic E-state index is 0.0330. The molecule has 0 bridgehead atoms. The Labute approximate surface area is 205 Å². The van der Waals surface area contributed by atoms with Gasteiger partial charge in [-0.2, -0.15) is 0 Å². The van der Waals surface area contributed by atoms with E-state index in [1.807, 2.05) is 0 Å². The van der Waals surface area contributed by atoms with Crippen LogP contribution in [0.2, 0.25) is 5.02 Å². The fourth-order valence-corrected chi connectivity index (χ4v) is 4.08. The lowest BCUT2D eigenvalue weighted by Gasteiger charge is -2.28. The Morgan fingerprint density at radius 2 is 1.63 bits per heavy atom. The van der Waals surface area contributed by atoms with Crippen LogP contribution in [0.4, 0.5) is 10.1 Å². The number of carbonyl (C=O) groups excluding carboxylic acids is 4. The predicted octanol–water partition coefficient (Wildman–Crippen LogP) is 4.24. The van der Waals surface area contributed by atoms with Gasteiger partial charge in [0.05, 0.1) is 24.8 Å². The molecule has 1 atom stereocenters. The van der Waals surface area contributed by atoms with Crippen LogP contribution in [0, 0.1) is 5.82 Å². The monoisotopic (exact) mass is 494 g/mol. The first-order valence-electron chi connectivity index (χ1n) is 10.6. The Hall–Kier alpha value is -4.04. The molecular weight excluding hydrogens is 475 g/mol. The second kappa shape index (κ2) is 10.1. The van der Waals surface area contributed by atoms with Crippen LogP contribution in [0.25, 0.3) is 0 Å². The molecule has 1 unspecified atom stereocenters. The molecule has 4 rings (SSSR count). The number of methoxy groups -OCH3 is 1. The third-order valence-corrected chi connectivity index (χ3v) is 6.06. The second-order valence-corrected chi connectivity index (χ2v) is 8.26. The van der Waals surface area contributed by atoms with Gasteiger partial charge in [0.1, 0.15) is 11.9 Å². The van der Waals surface area contributed by atoms with Crippen molar-refractivity contribution in [3.63, 3.8) is 0 Å². The van der Waals surface area contributed by atoms with Gasteiger partial charge in [-0.15, -0.1) is 0 Å². The first-order valence-corrected chi connectivity index (χ1v) is 11.0. The van der Waals surface area contributed by atoms with Gasteiger partial charge in [0.15, 0.2) is 0 Å². The molecule has 3 aromatic carbocycles. The maximum Gasteiger partial charge on any atom is 0.337 e. The van der Waals surface area contributed by atoms with Crippen LogP contribution in [0.1, 0.15) is 32.7 Å². The SMILES string of the molecule is COC(=O)c1ccc(N2C(=O)CC(N(Cc3ccccc3Cl)C(=O)c3ccc(F)cc3)C2=O)cc1. The third kappa shape index (κ3) is 4.93. The zero-order chi connectivity index (χ0) is 25.1. The van der Waals surface area contributed by atoms with E-state index in [4.69, 9.17) is 11.6 Å². The highest BCUT2D eigenvalue weighted by Crippen LogP contribution is 2.29. The number of anilines is 1. The second-order valence-electron chi connectivity index (χ2n) is 7.86. The van der Waals surface area contributed by atoms with Crippen molar-refractivity contribution in [2.75, 3.05) is 12.0 Å². The highest BCUT2D eigenvalue weighted by molar-refractivity contribution is 6.31. The molecule has 35 heavy (non-hydrogen) atoms. The smallest absolute Gasteiger partial charge is 0.337 e. The van der Waals surface area contributed by atoms with Crippen LogP contribution in [-0.2, 0) is 20.9 Å². The third-order valence-electron chi connectivity index (χ3n) is 5.70. The van der Waals surface area contributed by atoms with Crippen LogP contribution >= 0.6 is 11.6 Å². The summed E-state index contributed by atoms with van der Waals surface area (Å²) in [6.07, 6.45) is -0.241. The molecule has 0 spiro atoms. The molecular formula is C26H20ClFN2O5. The highest BCUT2D eigenvalue weighted by Gasteiger charge is 2.44. The van der Waals surface area contributed by atoms with Crippen LogP contribution in [0.3, 0.4) is 0 Å². The average molecular weight is 495 g/mol. The van der Waals surface area contributed by atoms with Crippen molar-refractivity contribution < 1.29 is 28.3 Å². The summed E-state index contributed by atoms with van der Waals surface area (Å²) in [7, 11) is 1.25. The normalized spacial score (nSPS) is 15.3. The maximum absolute atomic E-state index is 13.4. The number of hydrogen-bond acceptors (Lipinski definition) is 5. The van der Waals surface area contributed by atoms with Crippen molar-refractivity contribution in [1.29, 1.82) is 0 Å². The van der Waals surface area contributed by atoms with Crippen LogP contribution < -0.4 is 4.90 Å². The molecule has 0 saturated carbocycles. The Morgan fingerprint density at radius 3 is 2.26 bits per heavy atom. The van der Waals surface area contributed by atoms with Crippen molar-refractivity contribution in [3.05, 3.63) is 100 Å². The van der Waals surface area contributed by atoms with Crippen molar-refractivity contribution >= 4 is 41.0 Å². The average Bonchev–Trinajstić information content (AvgIpc) is 3.16. The van der Waals surface area contributed by atoms with Gasteiger partial charge in [-0.1, -0.05) is 29.8 Å². The lowest BCUT2D eigenvalue weighted by Crippen LogP contribution is -2.45. The fourth-order valence-electron chi connectivity index (χ4n) is 3.89. The van der Waals surface area contributed by atoms with Crippen molar-refractivity contribution in [1.82, 2.24) is 4.90 Å². The van der Waals surface area contributed by atoms with E-state index in [0.717, 1.165) is 17.0 Å². The zero-order valence-electron chi connectivity index (χ0n) is 18.6. The van der Waals surface area contributed by atoms with E-state index in [9.17, 15) is 23.6 Å². The molecule has 1 fully saturated rings. The molecule has 1 aliphatic rings. The Kier molecular flexibility index (Phi) is 6.93. The van der Waals surface area contributed by atoms with Crippen molar-refractivity contribution in [3.8, 4) is 0 Å². The predicted molar refractivity (Wildman–Crippen MR) is 126 cm³/mol. The van der Waals surface area contributed by atoms with Crippen LogP contribution in [0.15, 0.2) is 72.8 Å². The summed E-state index contributed by atoms with van der Waals surface area (Å²) in [5.74, 6) is -2.69. The number of amides is 3. The number of hydrogen-bond donors (Lipinski definition) is 0. The number of esters is 1. The first kappa shape index (κ1) is 24.1. The number of imide groups is 1. The summed E-state index contributed by atoms with van der Waals surface area (Å²) >= 11 is 6.30. The molecule has 178 valence electrons. The van der Waals surface area contributed by atoms with E-state index >= 15 is 0 Å². The van der Waals surface area contributed by atoms with Gasteiger partial charge in [0, 0.05) is 17.1 Å². The lowest BCUT2D eigenvalue weighted by molar-refractivity contribution is -0.122. The quantitative estimate of drug-likeness (QED) is 0.378. The van der Waals surface area contributed by atoms with E-state index in [0.29, 0.717) is 10.6 Å². The Balaban J connectivity index is 1.67. The standard InChI is InChI=1S/C26H20ClFN2O5/c1-35-26(34)17-8-12-20(13-9-17)30-23(31)14-22(25(30)33)29(15-18-4-2-3-5-21(18)27)24(32)16-6-10-19(28)11-7-16/h2-13,22H,14-15H2,1H3. The van der Waals surface area contributed by atoms with Gasteiger partial charge in [-0.25, -0.2) is 14.1 Å². The summed E-state index contributed by atoms with van der Waals surface area (Å²) in [4.78, 5) is 53.7. The summed E-state index contributed by atoms with van der Waals surface area (Å²) in [6, 6.07) is 16.5. The molecule has 1 saturated heterocycles. The highest BCUT2D eigenvalue weighted by atomic mass is 35.5. The molecule has 0 radical (unpaired) electrons. The molecule has 3 aromatic rings. The number of rotatable bonds is 6. The van der Waals surface area contributed by atoms with Gasteiger partial charge < -0.3 is 9.64 Å². The van der Waals surface area contributed by atoms with Crippen molar-refractivity contribution in [2.24, 2.45) is 0 Å². The van der Waals surface area contributed by atoms with E-state index in [1.165, 1.54) is 48.4 Å². The summed E-state index contributed by atoms with van der Waals surface area (Å²) in [5, 5.41) is 0.399. The minimum atomic E-state index is -1.10. The summed E-state index contributed by atoms with van der Waals surface area (Å²) < 4.78 is 18.1. The Morgan fingerprint density at radius 1 is 1.00 bits per heavy atom. The van der Waals surface area contributed by atoms with Crippen LogP contribution in [0.5, 0.6) is 0 Å². The summed E-state index contributed by atoms with van der Waals surface area (Å²) in [6.45, 7) is -0.0330. The molecule has 9 heteroatoms. The number of halogens is 2. The molecule has 0 aliphatic carbocycles. The van der Waals surface area contributed by atoms with Gasteiger partial charge >= 0.3 is 5.97 Å². The van der Waals surface area contributed by atoms with E-state index in [1.54, 1.807) is 24.3 Å². The Bertz CT molecular complexity index is 1290. The topological polar surface area (TPSA) is 84.0 Å². The number of carbonyl (C=O) groups is 4. The van der Waals surface area contributed by atoms with Crippen LogP contribution in [-0.4, -0.2) is 41.7 Å². The van der Waals surface area contributed by atoms with E-state index in [2.05, 4.69) is 4.74 Å². The molecule has 7 nitrogen and oxygen atoms in total. The number of ether oxygens (including phenoxy) is 1. The van der Waals surface area contributed by atoms with Gasteiger partial charge in [-0.3, -0.25) is 14.4 Å². The molecule has 3 amide bonds. The molecule has 0 N–H and O–H groups in total. The van der Waals surface area contributed by atoms with Gasteiger partial charge in [-0.05, 0) is 60.2 Å². The summed E-state index contributed by atoms with van der Waals surface area (Å²) in [5.41, 5.74) is 1.28. The molecule has 0 aromatic heterocycles. The molecule has 1 aliphatic heterocycles. The van der Waals surface area contributed by atoms with E-state index in [-0.39, 0.29) is 29.8 Å². The first-order chi connectivity index (χ1) is 16.8. The largest absolute Gasteiger partial charge is 0.465 e. The van der Waals surface area contributed by atoms with E-state index < -0.39 is 35.5 Å². The number of nitrogens with zero attached hydrogens (tertiary/aromatic N) is 2. The fraction of sp³-hybridized carbons (Fsp3) is 0.154. The van der Waals surface area contributed by atoms with Gasteiger partial charge in [0.25, 0.3) is 11.8 Å². The molecule has 1 heterocycles. The van der Waals surface area contributed by atoms with Gasteiger partial charge in [0.2, 0.25) is 5.91 Å².